The van der Waals surface area contributed by atoms with E-state index in [0.29, 0.717) is 26.8 Å². The molecular weight excluding hydrogens is 412 g/mol. The largest absolute Gasteiger partial charge is 0.493 e. The number of anilines is 1. The summed E-state index contributed by atoms with van der Waals surface area (Å²) in [5, 5.41) is 4.42. The van der Waals surface area contributed by atoms with Crippen molar-refractivity contribution in [3.63, 3.8) is 0 Å². The predicted octanol–water partition coefficient (Wildman–Crippen LogP) is 3.23. The summed E-state index contributed by atoms with van der Waals surface area (Å²) in [6.45, 7) is 6.19. The molecule has 8 heteroatoms. The van der Waals surface area contributed by atoms with Gasteiger partial charge in [-0.25, -0.2) is 0 Å². The normalized spacial score (nSPS) is 11.8. The van der Waals surface area contributed by atoms with Crippen molar-refractivity contribution < 1.29 is 9.47 Å². The number of ether oxygens (including phenoxy) is 2. The maximum absolute atomic E-state index is 12.9. The molecule has 0 atom stereocenters. The summed E-state index contributed by atoms with van der Waals surface area (Å²) >= 11 is 1.33. The van der Waals surface area contributed by atoms with Crippen molar-refractivity contribution in [3.05, 3.63) is 62.9 Å². The minimum atomic E-state index is -0.174. The number of fused-ring (bicyclic) bond motifs is 1. The number of hydrogen-bond acceptors (Lipinski definition) is 7. The number of nitrogens with zero attached hydrogens (tertiary/aromatic N) is 4. The van der Waals surface area contributed by atoms with Crippen LogP contribution in [0, 0.1) is 0 Å². The number of aromatic nitrogens is 3. The quantitative estimate of drug-likeness (QED) is 0.443. The van der Waals surface area contributed by atoms with E-state index in [1.54, 1.807) is 26.4 Å². The maximum Gasteiger partial charge on any atom is 0.291 e. The van der Waals surface area contributed by atoms with Gasteiger partial charge in [-0.15, -0.1) is 5.10 Å². The molecule has 4 rings (SSSR count). The highest BCUT2D eigenvalue weighted by atomic mass is 32.1. The van der Waals surface area contributed by atoms with Crippen molar-refractivity contribution in [3.8, 4) is 22.9 Å². The molecule has 0 saturated heterocycles. The van der Waals surface area contributed by atoms with Gasteiger partial charge < -0.3 is 14.4 Å². The van der Waals surface area contributed by atoms with Crippen LogP contribution in [0.4, 0.5) is 5.69 Å². The third-order valence-corrected chi connectivity index (χ3v) is 6.10. The van der Waals surface area contributed by atoms with Gasteiger partial charge in [0.2, 0.25) is 4.96 Å². The number of hydrogen-bond donors (Lipinski definition) is 0. The first-order valence-corrected chi connectivity index (χ1v) is 10.9. The van der Waals surface area contributed by atoms with Gasteiger partial charge in [0.15, 0.2) is 17.3 Å². The van der Waals surface area contributed by atoms with E-state index in [2.05, 4.69) is 41.0 Å². The number of methoxy groups -OCH3 is 2. The van der Waals surface area contributed by atoms with Gasteiger partial charge in [0.25, 0.3) is 5.56 Å². The van der Waals surface area contributed by atoms with E-state index < -0.39 is 0 Å². The fraction of sp³-hybridized carbons (Fsp3) is 0.261. The van der Waals surface area contributed by atoms with E-state index in [4.69, 9.17) is 9.47 Å². The van der Waals surface area contributed by atoms with Crippen LogP contribution in [-0.4, -0.2) is 41.9 Å². The highest BCUT2D eigenvalue weighted by molar-refractivity contribution is 7.15. The standard InChI is InChI=1S/C23H24N4O3S/c1-5-26(6-2)17-10-7-15(8-11-17)13-20-22(28)27-23(31-20)24-21(25-27)16-9-12-18(29-3)19(14-16)30-4/h7-14H,5-6H2,1-4H3/b20-13-. The monoisotopic (exact) mass is 436 g/mol. The number of thiazole rings is 1. The third kappa shape index (κ3) is 3.98. The molecule has 31 heavy (non-hydrogen) atoms. The zero-order valence-corrected chi connectivity index (χ0v) is 18.8. The molecule has 0 N–H and O–H groups in total. The first-order chi connectivity index (χ1) is 15.1. The summed E-state index contributed by atoms with van der Waals surface area (Å²) in [5.41, 5.74) is 2.72. The van der Waals surface area contributed by atoms with E-state index in [9.17, 15) is 4.79 Å². The number of benzene rings is 2. The van der Waals surface area contributed by atoms with Crippen LogP contribution in [0.5, 0.6) is 11.5 Å². The Balaban J connectivity index is 1.67. The molecule has 0 radical (unpaired) electrons. The van der Waals surface area contributed by atoms with Crippen LogP contribution in [0.2, 0.25) is 0 Å². The van der Waals surface area contributed by atoms with Gasteiger partial charge in [-0.1, -0.05) is 23.5 Å². The Morgan fingerprint density at radius 3 is 2.35 bits per heavy atom. The van der Waals surface area contributed by atoms with Crippen LogP contribution in [0.25, 0.3) is 22.4 Å². The van der Waals surface area contributed by atoms with Crippen LogP contribution in [0.1, 0.15) is 19.4 Å². The highest BCUT2D eigenvalue weighted by Gasteiger charge is 2.14. The second-order valence-electron chi connectivity index (χ2n) is 6.88. The van der Waals surface area contributed by atoms with Crippen molar-refractivity contribution in [2.45, 2.75) is 13.8 Å². The fourth-order valence-corrected chi connectivity index (χ4v) is 4.36. The molecular formula is C23H24N4O3S. The molecule has 0 fully saturated rings. The molecule has 7 nitrogen and oxygen atoms in total. The highest BCUT2D eigenvalue weighted by Crippen LogP contribution is 2.31. The first-order valence-electron chi connectivity index (χ1n) is 10.1. The first kappa shape index (κ1) is 20.9. The van der Waals surface area contributed by atoms with Crippen molar-refractivity contribution in [1.29, 1.82) is 0 Å². The second kappa shape index (κ2) is 8.77. The van der Waals surface area contributed by atoms with Crippen molar-refractivity contribution in [2.75, 3.05) is 32.2 Å². The molecule has 0 aliphatic carbocycles. The minimum absolute atomic E-state index is 0.174. The Kier molecular flexibility index (Phi) is 5.90. The van der Waals surface area contributed by atoms with E-state index in [1.807, 2.05) is 24.3 Å². The maximum atomic E-state index is 12.9. The lowest BCUT2D eigenvalue weighted by atomic mass is 10.2. The Morgan fingerprint density at radius 2 is 1.74 bits per heavy atom. The van der Waals surface area contributed by atoms with Crippen LogP contribution < -0.4 is 24.5 Å². The molecule has 2 aromatic heterocycles. The Bertz CT molecular complexity index is 1310. The summed E-state index contributed by atoms with van der Waals surface area (Å²) in [4.78, 5) is 20.2. The molecule has 2 aromatic carbocycles. The Morgan fingerprint density at radius 1 is 1.03 bits per heavy atom. The Hall–Kier alpha value is -3.39. The van der Waals surface area contributed by atoms with Crippen molar-refractivity contribution in [1.82, 2.24) is 14.6 Å². The molecule has 0 amide bonds. The van der Waals surface area contributed by atoms with E-state index in [1.165, 1.54) is 21.5 Å². The predicted molar refractivity (Wildman–Crippen MR) is 124 cm³/mol. The third-order valence-electron chi connectivity index (χ3n) is 5.14. The van der Waals surface area contributed by atoms with Crippen molar-refractivity contribution >= 4 is 28.1 Å². The second-order valence-corrected chi connectivity index (χ2v) is 7.89. The Labute approximate surface area is 184 Å². The van der Waals surface area contributed by atoms with Gasteiger partial charge in [0.05, 0.1) is 18.8 Å². The van der Waals surface area contributed by atoms with E-state index in [-0.39, 0.29) is 5.56 Å². The fourth-order valence-electron chi connectivity index (χ4n) is 3.45. The van der Waals surface area contributed by atoms with Crippen LogP contribution >= 0.6 is 11.3 Å². The van der Waals surface area contributed by atoms with Gasteiger partial charge in [-0.3, -0.25) is 4.79 Å². The molecule has 0 aliphatic heterocycles. The molecule has 0 bridgehead atoms. The topological polar surface area (TPSA) is 69.0 Å². The minimum Gasteiger partial charge on any atom is -0.493 e. The molecule has 0 unspecified atom stereocenters. The van der Waals surface area contributed by atoms with Crippen LogP contribution in [0.15, 0.2) is 47.3 Å². The van der Waals surface area contributed by atoms with Gasteiger partial charge in [-0.2, -0.15) is 9.50 Å². The average Bonchev–Trinajstić information content (AvgIpc) is 3.34. The van der Waals surface area contributed by atoms with Crippen LogP contribution in [-0.2, 0) is 0 Å². The summed E-state index contributed by atoms with van der Waals surface area (Å²) in [5.74, 6) is 1.68. The van der Waals surface area contributed by atoms with Gasteiger partial charge >= 0.3 is 0 Å². The van der Waals surface area contributed by atoms with Gasteiger partial charge in [0, 0.05) is 24.3 Å². The molecule has 2 heterocycles. The van der Waals surface area contributed by atoms with Crippen LogP contribution in [0.3, 0.4) is 0 Å². The zero-order valence-electron chi connectivity index (χ0n) is 18.0. The lowest BCUT2D eigenvalue weighted by molar-refractivity contribution is 0.355. The molecule has 0 saturated carbocycles. The van der Waals surface area contributed by atoms with E-state index >= 15 is 0 Å². The van der Waals surface area contributed by atoms with Gasteiger partial charge in [-0.05, 0) is 55.8 Å². The number of rotatable bonds is 7. The average molecular weight is 437 g/mol. The van der Waals surface area contributed by atoms with E-state index in [0.717, 1.165) is 24.2 Å². The van der Waals surface area contributed by atoms with Gasteiger partial charge in [0.1, 0.15) is 0 Å². The smallest absolute Gasteiger partial charge is 0.291 e. The SMILES string of the molecule is CCN(CC)c1ccc(/C=c2\sc3nc(-c4ccc(OC)c(OC)c4)nn3c2=O)cc1. The summed E-state index contributed by atoms with van der Waals surface area (Å²) in [7, 11) is 3.16. The van der Waals surface area contributed by atoms with Crippen molar-refractivity contribution in [2.24, 2.45) is 0 Å². The summed E-state index contributed by atoms with van der Waals surface area (Å²) in [6.07, 6.45) is 1.88. The zero-order chi connectivity index (χ0) is 22.0. The summed E-state index contributed by atoms with van der Waals surface area (Å²) in [6, 6.07) is 13.6. The lowest BCUT2D eigenvalue weighted by Gasteiger charge is -2.20. The molecule has 0 spiro atoms. The summed E-state index contributed by atoms with van der Waals surface area (Å²) < 4.78 is 12.6. The molecule has 160 valence electrons. The molecule has 4 aromatic rings. The lowest BCUT2D eigenvalue weighted by Crippen LogP contribution is -2.23. The molecule has 0 aliphatic rings.